The number of nitrogens with one attached hydrogen (secondary N) is 1. The van der Waals surface area contributed by atoms with Gasteiger partial charge in [-0.05, 0) is 31.0 Å². The third-order valence-electron chi connectivity index (χ3n) is 5.41. The third-order valence-corrected chi connectivity index (χ3v) is 6.98. The molecule has 3 aromatic rings. The van der Waals surface area contributed by atoms with E-state index in [1.54, 1.807) is 11.3 Å². The average Bonchev–Trinajstić information content (AvgIpc) is 3.14. The number of nitrogens with zero attached hydrogens (tertiary/aromatic N) is 2. The van der Waals surface area contributed by atoms with Gasteiger partial charge >= 0.3 is 0 Å². The summed E-state index contributed by atoms with van der Waals surface area (Å²) < 4.78 is 1.25. The minimum absolute atomic E-state index is 0.229. The highest BCUT2D eigenvalue weighted by atomic mass is 35.5. The summed E-state index contributed by atoms with van der Waals surface area (Å²) >= 11 is 8.04. The van der Waals surface area contributed by atoms with Crippen molar-refractivity contribution in [1.29, 1.82) is 0 Å². The number of thiazole rings is 1. The average molecular weight is 415 g/mol. The highest BCUT2D eigenvalue weighted by Crippen LogP contribution is 2.33. The first-order valence-electron chi connectivity index (χ1n) is 9.78. The number of halogens is 1. The standard InChI is InChI=1S/C22H24ClN3OS/c1-25(14-17-6-2-3-7-18(17)23)15-21(27)26-12-10-16(11-13-26)22-24-19-8-4-5-9-20(19)28-22/h2-9,16H,10-15H2,1H3/p+1. The number of aromatic nitrogens is 1. The van der Waals surface area contributed by atoms with Crippen molar-refractivity contribution >= 4 is 39.1 Å². The number of piperidine rings is 1. The van der Waals surface area contributed by atoms with Crippen molar-refractivity contribution in [3.05, 3.63) is 64.1 Å². The Hall–Kier alpha value is -1.95. The number of rotatable bonds is 5. The van der Waals surface area contributed by atoms with Crippen LogP contribution in [0.25, 0.3) is 10.2 Å². The van der Waals surface area contributed by atoms with Gasteiger partial charge in [-0.25, -0.2) is 4.98 Å². The molecule has 4 nitrogen and oxygen atoms in total. The van der Waals surface area contributed by atoms with Gasteiger partial charge in [-0.3, -0.25) is 4.79 Å². The number of carbonyl (C=O) groups excluding carboxylic acids is 1. The van der Waals surface area contributed by atoms with Gasteiger partial charge in [0, 0.05) is 29.6 Å². The van der Waals surface area contributed by atoms with Gasteiger partial charge in [-0.1, -0.05) is 41.9 Å². The van der Waals surface area contributed by atoms with Crippen LogP contribution in [-0.2, 0) is 11.3 Å². The lowest BCUT2D eigenvalue weighted by Crippen LogP contribution is -3.08. The van der Waals surface area contributed by atoms with E-state index in [0.717, 1.165) is 53.5 Å². The molecule has 0 saturated carbocycles. The zero-order valence-electron chi connectivity index (χ0n) is 16.0. The number of amides is 1. The summed E-state index contributed by atoms with van der Waals surface area (Å²) in [6.45, 7) is 2.89. The largest absolute Gasteiger partial charge is 0.338 e. The number of fused-ring (bicyclic) bond motifs is 1. The maximum Gasteiger partial charge on any atom is 0.277 e. The Morgan fingerprint density at radius 2 is 1.89 bits per heavy atom. The van der Waals surface area contributed by atoms with Crippen LogP contribution in [0, 0.1) is 0 Å². The van der Waals surface area contributed by atoms with Crippen molar-refractivity contribution in [1.82, 2.24) is 9.88 Å². The Kier molecular flexibility index (Phi) is 5.95. The second-order valence-corrected chi connectivity index (χ2v) is 9.05. The number of likely N-dealkylation sites (N-methyl/N-ethyl adjacent to an activating group) is 1. The minimum Gasteiger partial charge on any atom is -0.338 e. The van der Waals surface area contributed by atoms with E-state index in [4.69, 9.17) is 16.6 Å². The molecule has 0 radical (unpaired) electrons. The highest BCUT2D eigenvalue weighted by Gasteiger charge is 2.27. The van der Waals surface area contributed by atoms with Gasteiger partial charge in [-0.2, -0.15) is 0 Å². The molecule has 6 heteroatoms. The number of hydrogen-bond donors (Lipinski definition) is 1. The second kappa shape index (κ2) is 8.60. The van der Waals surface area contributed by atoms with Crippen molar-refractivity contribution in [3.8, 4) is 0 Å². The topological polar surface area (TPSA) is 37.6 Å². The van der Waals surface area contributed by atoms with Crippen molar-refractivity contribution in [2.75, 3.05) is 26.7 Å². The quantitative estimate of drug-likeness (QED) is 0.695. The monoisotopic (exact) mass is 414 g/mol. The summed E-state index contributed by atoms with van der Waals surface area (Å²) in [4.78, 5) is 20.7. The molecule has 4 rings (SSSR count). The van der Waals surface area contributed by atoms with Gasteiger partial charge in [0.05, 0.1) is 22.3 Å². The Morgan fingerprint density at radius 1 is 1.18 bits per heavy atom. The van der Waals surface area contributed by atoms with Gasteiger partial charge in [0.25, 0.3) is 5.91 Å². The molecule has 0 bridgehead atoms. The van der Waals surface area contributed by atoms with Crippen LogP contribution in [-0.4, -0.2) is 42.5 Å². The molecule has 0 aliphatic carbocycles. The minimum atomic E-state index is 0.229. The lowest BCUT2D eigenvalue weighted by molar-refractivity contribution is -0.885. The maximum absolute atomic E-state index is 12.7. The van der Waals surface area contributed by atoms with E-state index in [-0.39, 0.29) is 5.91 Å². The fourth-order valence-electron chi connectivity index (χ4n) is 3.84. The molecule has 2 aromatic carbocycles. The van der Waals surface area contributed by atoms with Crippen LogP contribution in [0.1, 0.15) is 29.3 Å². The molecule has 1 unspecified atom stereocenters. The Balaban J connectivity index is 1.30. The predicted molar refractivity (Wildman–Crippen MR) is 115 cm³/mol. The zero-order chi connectivity index (χ0) is 19.5. The molecule has 1 atom stereocenters. The Morgan fingerprint density at radius 3 is 2.64 bits per heavy atom. The summed E-state index contributed by atoms with van der Waals surface area (Å²) in [7, 11) is 2.05. The zero-order valence-corrected chi connectivity index (χ0v) is 17.6. The third kappa shape index (κ3) is 4.37. The lowest BCUT2D eigenvalue weighted by Gasteiger charge is -2.31. The van der Waals surface area contributed by atoms with E-state index < -0.39 is 0 Å². The molecular weight excluding hydrogens is 390 g/mol. The summed E-state index contributed by atoms with van der Waals surface area (Å²) in [5.74, 6) is 0.696. The number of benzene rings is 2. The SMILES string of the molecule is C[NH+](CC(=O)N1CCC(c2nc3ccccc3s2)CC1)Cc1ccccc1Cl. The van der Waals surface area contributed by atoms with E-state index >= 15 is 0 Å². The van der Waals surface area contributed by atoms with Gasteiger partial charge in [0.15, 0.2) is 6.54 Å². The summed E-state index contributed by atoms with van der Waals surface area (Å²) in [6.07, 6.45) is 1.99. The molecule has 1 fully saturated rings. The normalized spacial score (nSPS) is 16.4. The first kappa shape index (κ1) is 19.4. The molecular formula is C22H25ClN3OS+. The Labute approximate surface area is 174 Å². The number of quaternary nitrogens is 1. The lowest BCUT2D eigenvalue weighted by atomic mass is 9.97. The predicted octanol–water partition coefficient (Wildman–Crippen LogP) is 3.37. The van der Waals surface area contributed by atoms with E-state index in [0.29, 0.717) is 12.5 Å². The molecule has 1 aromatic heterocycles. The number of para-hydroxylation sites is 1. The number of likely N-dealkylation sites (tertiary alicyclic amines) is 1. The maximum atomic E-state index is 12.7. The van der Waals surface area contributed by atoms with Crippen molar-refractivity contribution in [2.45, 2.75) is 25.3 Å². The van der Waals surface area contributed by atoms with Gasteiger partial charge in [0.2, 0.25) is 0 Å². The van der Waals surface area contributed by atoms with E-state index in [1.165, 1.54) is 9.71 Å². The van der Waals surface area contributed by atoms with E-state index in [1.807, 2.05) is 35.2 Å². The summed E-state index contributed by atoms with van der Waals surface area (Å²) in [5.41, 5.74) is 2.18. The van der Waals surface area contributed by atoms with Crippen LogP contribution < -0.4 is 4.90 Å². The van der Waals surface area contributed by atoms with Gasteiger partial charge in [-0.15, -0.1) is 11.3 Å². The van der Waals surface area contributed by atoms with Crippen LogP contribution in [0.3, 0.4) is 0 Å². The highest BCUT2D eigenvalue weighted by molar-refractivity contribution is 7.18. The van der Waals surface area contributed by atoms with Crippen LogP contribution in [0.15, 0.2) is 48.5 Å². The molecule has 1 saturated heterocycles. The first-order valence-corrected chi connectivity index (χ1v) is 11.0. The number of hydrogen-bond acceptors (Lipinski definition) is 3. The molecule has 1 N–H and O–H groups in total. The fourth-order valence-corrected chi connectivity index (χ4v) is 5.18. The van der Waals surface area contributed by atoms with Crippen LogP contribution >= 0.6 is 22.9 Å². The molecule has 146 valence electrons. The van der Waals surface area contributed by atoms with Crippen LogP contribution in [0.2, 0.25) is 5.02 Å². The van der Waals surface area contributed by atoms with E-state index in [9.17, 15) is 4.79 Å². The summed E-state index contributed by atoms with van der Waals surface area (Å²) in [5, 5.41) is 1.99. The van der Waals surface area contributed by atoms with Crippen LogP contribution in [0.5, 0.6) is 0 Å². The Bertz CT molecular complexity index is 932. The van der Waals surface area contributed by atoms with Crippen LogP contribution in [0.4, 0.5) is 0 Å². The molecule has 2 heterocycles. The van der Waals surface area contributed by atoms with Crippen molar-refractivity contribution in [3.63, 3.8) is 0 Å². The molecule has 0 spiro atoms. The number of carbonyl (C=O) groups is 1. The molecule has 1 amide bonds. The van der Waals surface area contributed by atoms with Crippen molar-refractivity contribution in [2.24, 2.45) is 0 Å². The molecule has 28 heavy (non-hydrogen) atoms. The summed E-state index contributed by atoms with van der Waals surface area (Å²) in [6, 6.07) is 16.2. The van der Waals surface area contributed by atoms with Gasteiger partial charge < -0.3 is 9.80 Å². The smallest absolute Gasteiger partial charge is 0.277 e. The van der Waals surface area contributed by atoms with Gasteiger partial charge in [0.1, 0.15) is 6.54 Å². The second-order valence-electron chi connectivity index (χ2n) is 7.58. The molecule has 1 aliphatic heterocycles. The van der Waals surface area contributed by atoms with E-state index in [2.05, 4.69) is 25.2 Å². The first-order chi connectivity index (χ1) is 13.6. The fraction of sp³-hybridized carbons (Fsp3) is 0.364. The molecule has 1 aliphatic rings. The van der Waals surface area contributed by atoms with Crippen molar-refractivity contribution < 1.29 is 9.69 Å².